The molecule has 4 rings (SSSR count). The van der Waals surface area contributed by atoms with Crippen LogP contribution in [0.15, 0.2) is 12.1 Å². The van der Waals surface area contributed by atoms with Gasteiger partial charge in [0.2, 0.25) is 5.91 Å². The molecular weight excluding hydrogens is 336 g/mol. The number of aryl methyl sites for hydroxylation is 1. The third-order valence-corrected chi connectivity index (χ3v) is 6.73. The Balaban J connectivity index is 1.27. The Labute approximate surface area is 153 Å². The molecule has 0 bridgehead atoms. The van der Waals surface area contributed by atoms with Crippen LogP contribution in [0, 0.1) is 12.8 Å². The van der Waals surface area contributed by atoms with E-state index >= 15 is 0 Å². The van der Waals surface area contributed by atoms with Gasteiger partial charge >= 0.3 is 0 Å². The van der Waals surface area contributed by atoms with Gasteiger partial charge in [0.05, 0.1) is 6.10 Å². The van der Waals surface area contributed by atoms with Gasteiger partial charge in [0.25, 0.3) is 0 Å². The van der Waals surface area contributed by atoms with Crippen molar-refractivity contribution >= 4 is 17.2 Å². The molecule has 138 valence electrons. The van der Waals surface area contributed by atoms with Gasteiger partial charge in [0.15, 0.2) is 0 Å². The van der Waals surface area contributed by atoms with E-state index in [1.54, 1.807) is 0 Å². The Kier molecular flexibility index (Phi) is 5.41. The lowest BCUT2D eigenvalue weighted by atomic mass is 10.0. The summed E-state index contributed by atoms with van der Waals surface area (Å²) in [4.78, 5) is 17.8. The van der Waals surface area contributed by atoms with Crippen molar-refractivity contribution in [2.45, 2.75) is 57.4 Å². The van der Waals surface area contributed by atoms with Gasteiger partial charge in [0.1, 0.15) is 6.10 Å². The molecule has 3 fully saturated rings. The summed E-state index contributed by atoms with van der Waals surface area (Å²) in [5, 5.41) is 3.12. The van der Waals surface area contributed by atoms with Gasteiger partial charge in [-0.05, 0) is 44.2 Å². The van der Waals surface area contributed by atoms with Crippen LogP contribution in [-0.2, 0) is 20.8 Å². The lowest BCUT2D eigenvalue weighted by Gasteiger charge is -2.23. The van der Waals surface area contributed by atoms with Gasteiger partial charge in [0, 0.05) is 55.1 Å². The van der Waals surface area contributed by atoms with Crippen LogP contribution in [-0.4, -0.2) is 55.4 Å². The summed E-state index contributed by atoms with van der Waals surface area (Å²) in [5.41, 5.74) is 0. The van der Waals surface area contributed by atoms with Gasteiger partial charge in [-0.2, -0.15) is 0 Å². The first-order valence-corrected chi connectivity index (χ1v) is 10.3. The molecule has 1 N–H and O–H groups in total. The number of fused-ring (bicyclic) bond motifs is 1. The number of amides is 1. The van der Waals surface area contributed by atoms with Crippen LogP contribution in [0.5, 0.6) is 0 Å². The van der Waals surface area contributed by atoms with E-state index < -0.39 is 0 Å². The highest BCUT2D eigenvalue weighted by atomic mass is 32.1. The van der Waals surface area contributed by atoms with Crippen molar-refractivity contribution in [1.29, 1.82) is 0 Å². The number of nitrogens with one attached hydrogen (secondary N) is 1. The van der Waals surface area contributed by atoms with Crippen LogP contribution < -0.4 is 5.32 Å². The number of ether oxygens (including phenoxy) is 2. The minimum Gasteiger partial charge on any atom is -0.381 e. The van der Waals surface area contributed by atoms with Gasteiger partial charge in [-0.15, -0.1) is 11.3 Å². The average Bonchev–Trinajstić information content (AvgIpc) is 3.31. The van der Waals surface area contributed by atoms with Gasteiger partial charge in [-0.3, -0.25) is 9.69 Å². The maximum absolute atomic E-state index is 12.5. The monoisotopic (exact) mass is 364 g/mol. The highest BCUT2D eigenvalue weighted by Crippen LogP contribution is 2.34. The Bertz CT molecular complexity index is 599. The number of hydrogen-bond donors (Lipinski definition) is 1. The first-order valence-electron chi connectivity index (χ1n) is 9.49. The summed E-state index contributed by atoms with van der Waals surface area (Å²) in [6.45, 7) is 6.61. The SMILES string of the molecule is Cc1ccc(CN2CC[C@@H]3O[C@@H](C(=O)NCC4CCOCC4)C[C@@H]32)s1. The largest absolute Gasteiger partial charge is 0.381 e. The third-order valence-electron chi connectivity index (χ3n) is 5.75. The lowest BCUT2D eigenvalue weighted by Crippen LogP contribution is -2.39. The zero-order valence-corrected chi connectivity index (χ0v) is 15.7. The fraction of sp³-hybridized carbons (Fsp3) is 0.737. The normalized spacial score (nSPS) is 30.5. The standard InChI is InChI=1S/C19H28N2O3S/c1-13-2-3-15(25-13)12-21-7-4-17-16(21)10-18(24-17)19(22)20-11-14-5-8-23-9-6-14/h2-3,14,16-18H,4-12H2,1H3,(H,20,22)/t16-,17-,18+/m0/s1. The number of thiophene rings is 1. The number of nitrogens with zero attached hydrogens (tertiary/aromatic N) is 1. The fourth-order valence-electron chi connectivity index (χ4n) is 4.28. The van der Waals surface area contributed by atoms with Crippen molar-refractivity contribution in [3.63, 3.8) is 0 Å². The number of hydrogen-bond acceptors (Lipinski definition) is 5. The molecule has 4 heterocycles. The predicted octanol–water partition coefficient (Wildman–Crippen LogP) is 2.33. The molecule has 0 aliphatic carbocycles. The second kappa shape index (κ2) is 7.74. The molecule has 3 aliphatic rings. The zero-order valence-electron chi connectivity index (χ0n) is 14.9. The fourth-order valence-corrected chi connectivity index (χ4v) is 5.19. The van der Waals surface area contributed by atoms with E-state index in [1.165, 1.54) is 9.75 Å². The van der Waals surface area contributed by atoms with E-state index in [9.17, 15) is 4.79 Å². The first kappa shape index (κ1) is 17.5. The molecule has 5 nitrogen and oxygen atoms in total. The molecule has 0 radical (unpaired) electrons. The maximum Gasteiger partial charge on any atom is 0.249 e. The predicted molar refractivity (Wildman–Crippen MR) is 97.7 cm³/mol. The quantitative estimate of drug-likeness (QED) is 0.871. The number of likely N-dealkylation sites (tertiary alicyclic amines) is 1. The second-order valence-corrected chi connectivity index (χ2v) is 8.91. The van der Waals surface area contributed by atoms with Crippen molar-refractivity contribution in [2.75, 3.05) is 26.3 Å². The highest BCUT2D eigenvalue weighted by molar-refractivity contribution is 7.11. The van der Waals surface area contributed by atoms with Crippen LogP contribution in [0.25, 0.3) is 0 Å². The van der Waals surface area contributed by atoms with E-state index in [2.05, 4.69) is 29.3 Å². The molecule has 25 heavy (non-hydrogen) atoms. The van der Waals surface area contributed by atoms with Gasteiger partial charge in [-0.1, -0.05) is 0 Å². The van der Waals surface area contributed by atoms with Gasteiger partial charge < -0.3 is 14.8 Å². The van der Waals surface area contributed by atoms with Crippen molar-refractivity contribution in [3.05, 3.63) is 21.9 Å². The van der Waals surface area contributed by atoms with Crippen LogP contribution in [0.3, 0.4) is 0 Å². The molecule has 0 spiro atoms. The van der Waals surface area contributed by atoms with Crippen molar-refractivity contribution in [2.24, 2.45) is 5.92 Å². The smallest absolute Gasteiger partial charge is 0.249 e. The Hall–Kier alpha value is -0.950. The minimum absolute atomic E-state index is 0.0767. The third kappa shape index (κ3) is 4.08. The summed E-state index contributed by atoms with van der Waals surface area (Å²) >= 11 is 1.87. The van der Waals surface area contributed by atoms with Crippen LogP contribution in [0.1, 0.15) is 35.4 Å². The van der Waals surface area contributed by atoms with Gasteiger partial charge in [-0.25, -0.2) is 0 Å². The number of carbonyl (C=O) groups is 1. The Morgan fingerprint density at radius 1 is 1.32 bits per heavy atom. The molecule has 1 amide bonds. The van der Waals surface area contributed by atoms with Crippen LogP contribution in [0.4, 0.5) is 0 Å². The topological polar surface area (TPSA) is 50.8 Å². The molecule has 3 atom stereocenters. The molecule has 0 saturated carbocycles. The van der Waals surface area contributed by atoms with E-state index in [-0.39, 0.29) is 18.1 Å². The Morgan fingerprint density at radius 3 is 2.92 bits per heavy atom. The molecule has 0 aromatic carbocycles. The lowest BCUT2D eigenvalue weighted by molar-refractivity contribution is -0.132. The average molecular weight is 365 g/mol. The maximum atomic E-state index is 12.5. The second-order valence-electron chi connectivity index (χ2n) is 7.54. The first-order chi connectivity index (χ1) is 12.2. The van der Waals surface area contributed by atoms with E-state index in [0.29, 0.717) is 12.0 Å². The zero-order chi connectivity index (χ0) is 17.2. The number of carbonyl (C=O) groups excluding carboxylic acids is 1. The summed E-state index contributed by atoms with van der Waals surface area (Å²) in [6.07, 6.45) is 3.91. The number of rotatable bonds is 5. The van der Waals surface area contributed by atoms with Crippen LogP contribution in [0.2, 0.25) is 0 Å². The Morgan fingerprint density at radius 2 is 2.16 bits per heavy atom. The molecular formula is C19H28N2O3S. The van der Waals surface area contributed by atoms with Crippen molar-refractivity contribution in [3.8, 4) is 0 Å². The molecule has 3 saturated heterocycles. The van der Waals surface area contributed by atoms with E-state index in [0.717, 1.165) is 58.5 Å². The van der Waals surface area contributed by atoms with Crippen molar-refractivity contribution < 1.29 is 14.3 Å². The summed E-state index contributed by atoms with van der Waals surface area (Å²) in [5.74, 6) is 0.630. The summed E-state index contributed by atoms with van der Waals surface area (Å²) in [6, 6.07) is 4.80. The summed E-state index contributed by atoms with van der Waals surface area (Å²) in [7, 11) is 0. The van der Waals surface area contributed by atoms with E-state index in [4.69, 9.17) is 9.47 Å². The summed E-state index contributed by atoms with van der Waals surface area (Å²) < 4.78 is 11.5. The van der Waals surface area contributed by atoms with E-state index in [1.807, 2.05) is 11.3 Å². The van der Waals surface area contributed by atoms with Crippen molar-refractivity contribution in [1.82, 2.24) is 10.2 Å². The van der Waals surface area contributed by atoms with Crippen LogP contribution >= 0.6 is 11.3 Å². The molecule has 1 aromatic rings. The molecule has 3 aliphatic heterocycles. The molecule has 0 unspecified atom stereocenters. The molecule has 6 heteroatoms. The minimum atomic E-state index is -0.275. The molecule has 1 aromatic heterocycles. The highest BCUT2D eigenvalue weighted by Gasteiger charge is 2.45.